The van der Waals surface area contributed by atoms with Crippen molar-refractivity contribution in [2.45, 2.75) is 6.54 Å². The number of hydrogen-bond acceptors (Lipinski definition) is 6. The van der Waals surface area contributed by atoms with Gasteiger partial charge >= 0.3 is 0 Å². The molecule has 124 valence electrons. The number of carbonyl (C=O) groups excluding carboxylic acids is 1. The molecule has 24 heavy (non-hydrogen) atoms. The quantitative estimate of drug-likeness (QED) is 0.729. The molecular weight excluding hydrogens is 326 g/mol. The molecule has 1 amide bonds. The summed E-state index contributed by atoms with van der Waals surface area (Å²) in [5.41, 5.74) is 0.921. The van der Waals surface area contributed by atoms with Gasteiger partial charge < -0.3 is 13.7 Å². The van der Waals surface area contributed by atoms with Gasteiger partial charge in [0.2, 0.25) is 5.89 Å². The second kappa shape index (κ2) is 6.62. The Morgan fingerprint density at radius 1 is 1.17 bits per heavy atom. The van der Waals surface area contributed by atoms with Crippen molar-refractivity contribution < 1.29 is 13.6 Å². The number of amides is 1. The second-order valence-electron chi connectivity index (χ2n) is 5.67. The van der Waals surface area contributed by atoms with Gasteiger partial charge in [0.1, 0.15) is 6.26 Å². The first-order chi connectivity index (χ1) is 11.8. The highest BCUT2D eigenvalue weighted by molar-refractivity contribution is 7.13. The number of thiophene rings is 1. The average molecular weight is 343 g/mol. The molecule has 0 aliphatic carbocycles. The van der Waals surface area contributed by atoms with E-state index >= 15 is 0 Å². The predicted molar refractivity (Wildman–Crippen MR) is 89.7 cm³/mol. The summed E-state index contributed by atoms with van der Waals surface area (Å²) < 4.78 is 10.7. The fraction of sp³-hybridized carbons (Fsp3) is 0.294. The molecule has 0 radical (unpaired) electrons. The number of carbonyl (C=O) groups is 1. The maximum Gasteiger partial charge on any atom is 0.289 e. The lowest BCUT2D eigenvalue weighted by molar-refractivity contribution is 0.0596. The van der Waals surface area contributed by atoms with Crippen LogP contribution in [0.5, 0.6) is 0 Å². The van der Waals surface area contributed by atoms with E-state index in [0.29, 0.717) is 24.7 Å². The first-order valence-electron chi connectivity index (χ1n) is 7.83. The number of aromatic nitrogens is 1. The Kier molecular flexibility index (Phi) is 4.18. The molecule has 0 aromatic carbocycles. The van der Waals surface area contributed by atoms with E-state index in [1.54, 1.807) is 29.7 Å². The lowest BCUT2D eigenvalue weighted by Crippen LogP contribution is -2.48. The summed E-state index contributed by atoms with van der Waals surface area (Å²) in [6.45, 7) is 3.74. The Morgan fingerprint density at radius 2 is 2.04 bits per heavy atom. The summed E-state index contributed by atoms with van der Waals surface area (Å²) >= 11 is 1.61. The first-order valence-corrected chi connectivity index (χ1v) is 8.71. The molecule has 0 N–H and O–H groups in total. The summed E-state index contributed by atoms with van der Waals surface area (Å²) in [5.74, 6) is 1.04. The zero-order valence-electron chi connectivity index (χ0n) is 13.1. The third kappa shape index (κ3) is 3.13. The monoisotopic (exact) mass is 343 g/mol. The maximum absolute atomic E-state index is 12.2. The predicted octanol–water partition coefficient (Wildman–Crippen LogP) is 2.95. The first kappa shape index (κ1) is 15.2. The average Bonchev–Trinajstić information content (AvgIpc) is 3.36. The fourth-order valence-electron chi connectivity index (χ4n) is 2.79. The molecule has 1 aliphatic rings. The molecule has 4 rings (SSSR count). The lowest BCUT2D eigenvalue weighted by atomic mass is 10.2. The lowest BCUT2D eigenvalue weighted by Gasteiger charge is -2.33. The SMILES string of the molecule is O=C(c1ccco1)N1CCN(Cc2coc(-c3cccs3)n2)CC1. The topological polar surface area (TPSA) is 62.7 Å². The van der Waals surface area contributed by atoms with Crippen LogP contribution < -0.4 is 0 Å². The Balaban J connectivity index is 1.33. The van der Waals surface area contributed by atoms with Gasteiger partial charge in [-0.3, -0.25) is 9.69 Å². The van der Waals surface area contributed by atoms with Crippen molar-refractivity contribution in [1.82, 2.24) is 14.8 Å². The molecule has 7 heteroatoms. The van der Waals surface area contributed by atoms with Crippen LogP contribution >= 0.6 is 11.3 Å². The minimum Gasteiger partial charge on any atom is -0.459 e. The normalized spacial score (nSPS) is 15.8. The van der Waals surface area contributed by atoms with E-state index < -0.39 is 0 Å². The summed E-state index contributed by atoms with van der Waals surface area (Å²) in [4.78, 5) is 21.9. The van der Waals surface area contributed by atoms with Gasteiger partial charge in [0, 0.05) is 32.7 Å². The number of furan rings is 1. The van der Waals surface area contributed by atoms with Crippen molar-refractivity contribution in [1.29, 1.82) is 0 Å². The third-order valence-electron chi connectivity index (χ3n) is 4.06. The molecule has 0 atom stereocenters. The smallest absolute Gasteiger partial charge is 0.289 e. The van der Waals surface area contributed by atoms with Crippen molar-refractivity contribution in [3.05, 3.63) is 53.6 Å². The van der Waals surface area contributed by atoms with E-state index in [2.05, 4.69) is 9.88 Å². The van der Waals surface area contributed by atoms with Gasteiger partial charge in [0.05, 0.1) is 16.8 Å². The molecule has 0 bridgehead atoms. The Bertz CT molecular complexity index is 787. The zero-order valence-corrected chi connectivity index (χ0v) is 13.9. The van der Waals surface area contributed by atoms with Crippen LogP contribution in [0.3, 0.4) is 0 Å². The number of oxazole rings is 1. The highest BCUT2D eigenvalue weighted by atomic mass is 32.1. The van der Waals surface area contributed by atoms with Gasteiger partial charge in [-0.05, 0) is 23.6 Å². The molecule has 6 nitrogen and oxygen atoms in total. The fourth-order valence-corrected chi connectivity index (χ4v) is 3.44. The van der Waals surface area contributed by atoms with Gasteiger partial charge in [0.15, 0.2) is 5.76 Å². The molecule has 3 aromatic heterocycles. The van der Waals surface area contributed by atoms with E-state index in [4.69, 9.17) is 8.83 Å². The van der Waals surface area contributed by atoms with E-state index in [9.17, 15) is 4.79 Å². The highest BCUT2D eigenvalue weighted by Gasteiger charge is 2.24. The van der Waals surface area contributed by atoms with Gasteiger partial charge in [-0.2, -0.15) is 0 Å². The van der Waals surface area contributed by atoms with Gasteiger partial charge in [-0.15, -0.1) is 11.3 Å². The Hall–Kier alpha value is -2.38. The number of nitrogens with zero attached hydrogens (tertiary/aromatic N) is 3. The van der Waals surface area contributed by atoms with Gasteiger partial charge in [0.25, 0.3) is 5.91 Å². The molecule has 0 spiro atoms. The molecule has 3 aromatic rings. The summed E-state index contributed by atoms with van der Waals surface area (Å²) in [6.07, 6.45) is 3.24. The van der Waals surface area contributed by atoms with Crippen molar-refractivity contribution in [2.75, 3.05) is 26.2 Å². The number of hydrogen-bond donors (Lipinski definition) is 0. The summed E-state index contributed by atoms with van der Waals surface area (Å²) in [6, 6.07) is 7.42. The minimum absolute atomic E-state index is 0.0407. The molecule has 1 aliphatic heterocycles. The molecule has 1 saturated heterocycles. The summed E-state index contributed by atoms with van der Waals surface area (Å²) in [5, 5.41) is 2.01. The Labute approximate surface area is 143 Å². The van der Waals surface area contributed by atoms with Crippen molar-refractivity contribution >= 4 is 17.2 Å². The van der Waals surface area contributed by atoms with E-state index in [0.717, 1.165) is 30.2 Å². The van der Waals surface area contributed by atoms with Crippen LogP contribution in [0.4, 0.5) is 0 Å². The molecule has 0 saturated carbocycles. The van der Waals surface area contributed by atoms with Crippen molar-refractivity contribution in [2.24, 2.45) is 0 Å². The van der Waals surface area contributed by atoms with Gasteiger partial charge in [-0.25, -0.2) is 4.98 Å². The van der Waals surface area contributed by atoms with Crippen molar-refractivity contribution in [3.8, 4) is 10.8 Å². The molecule has 0 unspecified atom stereocenters. The molecular formula is C17H17N3O3S. The van der Waals surface area contributed by atoms with E-state index in [-0.39, 0.29) is 5.91 Å². The molecule has 1 fully saturated rings. The van der Waals surface area contributed by atoms with Crippen LogP contribution in [0, 0.1) is 0 Å². The largest absolute Gasteiger partial charge is 0.459 e. The summed E-state index contributed by atoms with van der Waals surface area (Å²) in [7, 11) is 0. The number of rotatable bonds is 4. The standard InChI is InChI=1S/C17H17N3O3S/c21-17(14-3-1-9-22-14)20-7-5-19(6-8-20)11-13-12-23-16(18-13)15-4-2-10-24-15/h1-4,9-10,12H,5-8,11H2. The zero-order chi connectivity index (χ0) is 16.4. The number of piperazine rings is 1. The van der Waals surface area contributed by atoms with Crippen LogP contribution in [0.1, 0.15) is 16.2 Å². The van der Waals surface area contributed by atoms with Crippen LogP contribution in [-0.4, -0.2) is 46.9 Å². The minimum atomic E-state index is -0.0407. The van der Waals surface area contributed by atoms with E-state index in [1.165, 1.54) is 6.26 Å². The third-order valence-corrected chi connectivity index (χ3v) is 4.92. The van der Waals surface area contributed by atoms with Crippen molar-refractivity contribution in [3.63, 3.8) is 0 Å². The van der Waals surface area contributed by atoms with Crippen LogP contribution in [0.2, 0.25) is 0 Å². The highest BCUT2D eigenvalue weighted by Crippen LogP contribution is 2.24. The van der Waals surface area contributed by atoms with Crippen LogP contribution in [-0.2, 0) is 6.54 Å². The Morgan fingerprint density at radius 3 is 2.75 bits per heavy atom. The molecule has 4 heterocycles. The van der Waals surface area contributed by atoms with Crippen LogP contribution in [0.25, 0.3) is 10.8 Å². The van der Waals surface area contributed by atoms with E-state index in [1.807, 2.05) is 22.4 Å². The van der Waals surface area contributed by atoms with Crippen LogP contribution in [0.15, 0.2) is 51.0 Å². The van der Waals surface area contributed by atoms with Gasteiger partial charge in [-0.1, -0.05) is 6.07 Å². The maximum atomic E-state index is 12.2. The second-order valence-corrected chi connectivity index (χ2v) is 6.61.